The van der Waals surface area contributed by atoms with Crippen LogP contribution in [0.25, 0.3) is 10.9 Å². The van der Waals surface area contributed by atoms with Gasteiger partial charge in [-0.1, -0.05) is 12.1 Å². The van der Waals surface area contributed by atoms with Crippen LogP contribution in [-0.4, -0.2) is 19.6 Å². The molecule has 1 N–H and O–H groups in total. The summed E-state index contributed by atoms with van der Waals surface area (Å²) in [6.45, 7) is 0.729. The molecular weight excluding hydrogens is 226 g/mol. The Balaban J connectivity index is 1.90. The van der Waals surface area contributed by atoms with Crippen molar-refractivity contribution in [2.24, 2.45) is 0 Å². The predicted molar refractivity (Wildman–Crippen MR) is 69.0 cm³/mol. The minimum atomic E-state index is -0.0192. The first-order chi connectivity index (χ1) is 8.85. The zero-order valence-electron chi connectivity index (χ0n) is 9.82. The molecule has 0 aliphatic rings. The van der Waals surface area contributed by atoms with E-state index in [-0.39, 0.29) is 6.61 Å². The second-order valence-electron chi connectivity index (χ2n) is 4.23. The van der Waals surface area contributed by atoms with Gasteiger partial charge in [-0.25, -0.2) is 4.98 Å². The van der Waals surface area contributed by atoms with Crippen LogP contribution in [0, 0.1) is 0 Å². The topological polar surface area (TPSA) is 50.9 Å². The molecule has 3 aromatic rings. The number of aliphatic hydroxyl groups is 1. The maximum absolute atomic E-state index is 8.97. The van der Waals surface area contributed by atoms with Crippen LogP contribution in [0.1, 0.15) is 11.3 Å². The fraction of sp³-hybridized carbons (Fsp3) is 0.143. The first-order valence-corrected chi connectivity index (χ1v) is 5.80. The largest absolute Gasteiger partial charge is 0.390 e. The number of pyridine rings is 1. The summed E-state index contributed by atoms with van der Waals surface area (Å²) in [5.74, 6) is 0. The highest BCUT2D eigenvalue weighted by Gasteiger charge is 2.00. The summed E-state index contributed by atoms with van der Waals surface area (Å²) in [7, 11) is 0. The molecule has 2 aromatic heterocycles. The molecule has 0 amide bonds. The molecule has 0 unspecified atom stereocenters. The molecule has 18 heavy (non-hydrogen) atoms. The minimum absolute atomic E-state index is 0.0192. The number of fused-ring (bicyclic) bond motifs is 1. The van der Waals surface area contributed by atoms with Crippen LogP contribution in [0.5, 0.6) is 0 Å². The number of hydrogen-bond acceptors (Lipinski definition) is 3. The van der Waals surface area contributed by atoms with Crippen LogP contribution in [0.3, 0.4) is 0 Å². The van der Waals surface area contributed by atoms with Gasteiger partial charge in [-0.15, -0.1) is 0 Å². The molecule has 0 saturated heterocycles. The monoisotopic (exact) mass is 239 g/mol. The van der Waals surface area contributed by atoms with Gasteiger partial charge in [-0.05, 0) is 23.8 Å². The van der Waals surface area contributed by atoms with Crippen molar-refractivity contribution in [1.82, 2.24) is 14.5 Å². The van der Waals surface area contributed by atoms with Crippen molar-refractivity contribution >= 4 is 10.9 Å². The fourth-order valence-electron chi connectivity index (χ4n) is 2.01. The molecule has 90 valence electrons. The maximum Gasteiger partial charge on any atom is 0.0953 e. The van der Waals surface area contributed by atoms with Gasteiger partial charge in [0.05, 0.1) is 24.1 Å². The third-order valence-electron chi connectivity index (χ3n) is 2.88. The van der Waals surface area contributed by atoms with E-state index in [2.05, 4.69) is 28.2 Å². The third-order valence-corrected chi connectivity index (χ3v) is 2.88. The van der Waals surface area contributed by atoms with Gasteiger partial charge in [0.1, 0.15) is 0 Å². The fourth-order valence-corrected chi connectivity index (χ4v) is 2.01. The molecular formula is C14H13N3O. The Kier molecular flexibility index (Phi) is 2.78. The third kappa shape index (κ3) is 2.10. The van der Waals surface area contributed by atoms with E-state index in [1.807, 2.05) is 22.9 Å². The highest BCUT2D eigenvalue weighted by Crippen LogP contribution is 2.14. The number of rotatable bonds is 3. The number of benzene rings is 1. The molecule has 3 rings (SSSR count). The lowest BCUT2D eigenvalue weighted by Gasteiger charge is -2.04. The van der Waals surface area contributed by atoms with Gasteiger partial charge in [0.2, 0.25) is 0 Å². The molecule has 4 nitrogen and oxygen atoms in total. The van der Waals surface area contributed by atoms with E-state index in [1.165, 1.54) is 5.56 Å². The molecule has 0 bridgehead atoms. The first-order valence-electron chi connectivity index (χ1n) is 5.80. The van der Waals surface area contributed by atoms with E-state index in [9.17, 15) is 0 Å². The zero-order valence-corrected chi connectivity index (χ0v) is 9.82. The molecule has 0 aliphatic carbocycles. The second kappa shape index (κ2) is 4.58. The van der Waals surface area contributed by atoms with Gasteiger partial charge >= 0.3 is 0 Å². The molecule has 0 fully saturated rings. The van der Waals surface area contributed by atoms with Gasteiger partial charge in [0, 0.05) is 24.3 Å². The molecule has 0 spiro atoms. The Morgan fingerprint density at radius 3 is 2.94 bits per heavy atom. The smallest absolute Gasteiger partial charge is 0.0953 e. The van der Waals surface area contributed by atoms with Crippen molar-refractivity contribution < 1.29 is 5.11 Å². The van der Waals surface area contributed by atoms with Gasteiger partial charge < -0.3 is 9.67 Å². The summed E-state index contributed by atoms with van der Waals surface area (Å²) in [6.07, 6.45) is 5.39. The van der Waals surface area contributed by atoms with Crippen molar-refractivity contribution in [3.63, 3.8) is 0 Å². The van der Waals surface area contributed by atoms with Crippen molar-refractivity contribution in [3.8, 4) is 0 Å². The van der Waals surface area contributed by atoms with Crippen molar-refractivity contribution in [3.05, 3.63) is 60.3 Å². The lowest BCUT2D eigenvalue weighted by Crippen LogP contribution is -1.96. The van der Waals surface area contributed by atoms with Crippen molar-refractivity contribution in [2.45, 2.75) is 13.2 Å². The van der Waals surface area contributed by atoms with E-state index >= 15 is 0 Å². The van der Waals surface area contributed by atoms with E-state index in [0.29, 0.717) is 5.69 Å². The molecule has 0 atom stereocenters. The quantitative estimate of drug-likeness (QED) is 0.760. The van der Waals surface area contributed by atoms with E-state index < -0.39 is 0 Å². The summed E-state index contributed by atoms with van der Waals surface area (Å²) in [4.78, 5) is 8.39. The summed E-state index contributed by atoms with van der Waals surface area (Å²) in [5, 5.41) is 10.1. The molecule has 0 aliphatic heterocycles. The zero-order chi connectivity index (χ0) is 12.4. The molecule has 0 saturated carbocycles. The van der Waals surface area contributed by atoms with E-state index in [1.54, 1.807) is 12.5 Å². The van der Waals surface area contributed by atoms with Crippen LogP contribution in [0.15, 0.2) is 49.1 Å². The van der Waals surface area contributed by atoms with Crippen LogP contribution >= 0.6 is 0 Å². The summed E-state index contributed by atoms with van der Waals surface area (Å²) < 4.78 is 1.96. The highest BCUT2D eigenvalue weighted by atomic mass is 16.3. The van der Waals surface area contributed by atoms with E-state index in [0.717, 1.165) is 17.4 Å². The summed E-state index contributed by atoms with van der Waals surface area (Å²) in [6, 6.07) is 10.2. The SMILES string of the molecule is OCc1cn(Cc2ccc3ncccc3c2)cn1. The standard InChI is InChI=1S/C14H13N3O/c18-9-13-8-17(10-16-13)7-11-3-4-14-12(6-11)2-1-5-15-14/h1-6,8,10,18H,7,9H2. The number of imidazole rings is 1. The van der Waals surface area contributed by atoms with Gasteiger partial charge in [0.25, 0.3) is 0 Å². The predicted octanol–water partition coefficient (Wildman–Crippen LogP) is 1.97. The highest BCUT2D eigenvalue weighted by molar-refractivity contribution is 5.78. The Morgan fingerprint density at radius 2 is 2.11 bits per heavy atom. The van der Waals surface area contributed by atoms with Crippen LogP contribution in [-0.2, 0) is 13.2 Å². The van der Waals surface area contributed by atoms with Gasteiger partial charge in [-0.2, -0.15) is 0 Å². The van der Waals surface area contributed by atoms with Gasteiger partial charge in [0.15, 0.2) is 0 Å². The molecule has 1 aromatic carbocycles. The van der Waals surface area contributed by atoms with Crippen LogP contribution < -0.4 is 0 Å². The Morgan fingerprint density at radius 1 is 1.17 bits per heavy atom. The van der Waals surface area contributed by atoms with Gasteiger partial charge in [-0.3, -0.25) is 4.98 Å². The number of hydrogen-bond donors (Lipinski definition) is 1. The Bertz CT molecular complexity index is 675. The number of aromatic nitrogens is 3. The average molecular weight is 239 g/mol. The molecule has 2 heterocycles. The molecule has 4 heteroatoms. The average Bonchev–Trinajstić information content (AvgIpc) is 2.86. The first kappa shape index (κ1) is 10.9. The van der Waals surface area contributed by atoms with Crippen molar-refractivity contribution in [1.29, 1.82) is 0 Å². The Labute approximate surface area is 105 Å². The van der Waals surface area contributed by atoms with Crippen LogP contribution in [0.2, 0.25) is 0 Å². The lowest BCUT2D eigenvalue weighted by molar-refractivity contribution is 0.277. The van der Waals surface area contributed by atoms with Crippen molar-refractivity contribution in [2.75, 3.05) is 0 Å². The number of aliphatic hydroxyl groups excluding tert-OH is 1. The summed E-state index contributed by atoms with van der Waals surface area (Å²) in [5.41, 5.74) is 2.89. The maximum atomic E-state index is 8.97. The second-order valence-corrected chi connectivity index (χ2v) is 4.23. The van der Waals surface area contributed by atoms with Crippen LogP contribution in [0.4, 0.5) is 0 Å². The minimum Gasteiger partial charge on any atom is -0.390 e. The Hall–Kier alpha value is -2.20. The molecule has 0 radical (unpaired) electrons. The lowest BCUT2D eigenvalue weighted by atomic mass is 10.1. The number of nitrogens with zero attached hydrogens (tertiary/aromatic N) is 3. The van der Waals surface area contributed by atoms with E-state index in [4.69, 9.17) is 5.11 Å². The summed E-state index contributed by atoms with van der Waals surface area (Å²) >= 11 is 0. The normalized spacial score (nSPS) is 10.9.